The van der Waals surface area contributed by atoms with Gasteiger partial charge in [0, 0.05) is 13.1 Å². The molecule has 0 bridgehead atoms. The van der Waals surface area contributed by atoms with Crippen molar-refractivity contribution in [1.29, 1.82) is 0 Å². The average molecular weight is 413 g/mol. The van der Waals surface area contributed by atoms with Crippen LogP contribution in [0.25, 0.3) is 0 Å². The highest BCUT2D eigenvalue weighted by Crippen LogP contribution is 2.29. The summed E-state index contributed by atoms with van der Waals surface area (Å²) in [6, 6.07) is 15.3. The van der Waals surface area contributed by atoms with Crippen LogP contribution < -0.4 is 21.1 Å². The van der Waals surface area contributed by atoms with E-state index in [9.17, 15) is 14.0 Å². The number of hydrazine groups is 1. The van der Waals surface area contributed by atoms with Gasteiger partial charge in [-0.1, -0.05) is 42.1 Å². The number of aliphatic imine (C=N–C) groups is 1. The lowest BCUT2D eigenvalue weighted by molar-refractivity contribution is -0.121. The number of thioether (sulfide) groups is 1. The van der Waals surface area contributed by atoms with Gasteiger partial charge in [0.25, 0.3) is 0 Å². The van der Waals surface area contributed by atoms with Crippen LogP contribution in [0.15, 0.2) is 59.6 Å². The summed E-state index contributed by atoms with van der Waals surface area (Å²) in [5, 5.41) is 3.28. The number of amidine groups is 1. The SMILES string of the molecule is O=C(CSC1=NC2NNCC2C(=O)N1c1ccccc1)NCc1ccc(F)cc1. The van der Waals surface area contributed by atoms with Crippen LogP contribution in [0.3, 0.4) is 0 Å². The van der Waals surface area contributed by atoms with Crippen LogP contribution in [0.1, 0.15) is 5.56 Å². The molecule has 2 atom stereocenters. The lowest BCUT2D eigenvalue weighted by Crippen LogP contribution is -2.49. The molecule has 150 valence electrons. The third-order valence-electron chi connectivity index (χ3n) is 4.68. The smallest absolute Gasteiger partial charge is 0.241 e. The summed E-state index contributed by atoms with van der Waals surface area (Å²) in [5.41, 5.74) is 7.51. The first kappa shape index (κ1) is 19.6. The number of nitrogens with one attached hydrogen (secondary N) is 3. The molecule has 2 aliphatic rings. The van der Waals surface area contributed by atoms with Gasteiger partial charge in [-0.05, 0) is 29.8 Å². The second-order valence-electron chi connectivity index (χ2n) is 6.69. The van der Waals surface area contributed by atoms with Crippen LogP contribution in [-0.2, 0) is 16.1 Å². The summed E-state index contributed by atoms with van der Waals surface area (Å²) in [7, 11) is 0. The zero-order valence-electron chi connectivity index (χ0n) is 15.5. The number of para-hydroxylation sites is 1. The van der Waals surface area contributed by atoms with Gasteiger partial charge in [0.05, 0.1) is 17.4 Å². The monoisotopic (exact) mass is 413 g/mol. The minimum Gasteiger partial charge on any atom is -0.351 e. The molecule has 2 aliphatic heterocycles. The minimum atomic E-state index is -0.341. The molecule has 0 aliphatic carbocycles. The summed E-state index contributed by atoms with van der Waals surface area (Å²) in [5.74, 6) is -0.733. The van der Waals surface area contributed by atoms with E-state index >= 15 is 0 Å². The zero-order chi connectivity index (χ0) is 20.2. The van der Waals surface area contributed by atoms with E-state index < -0.39 is 0 Å². The fraction of sp³-hybridized carbons (Fsp3) is 0.250. The van der Waals surface area contributed by atoms with E-state index in [2.05, 4.69) is 21.2 Å². The Morgan fingerprint density at radius 2 is 1.97 bits per heavy atom. The molecule has 0 aromatic heterocycles. The van der Waals surface area contributed by atoms with Crippen LogP contribution in [0.4, 0.5) is 10.1 Å². The number of carbonyl (C=O) groups excluding carboxylic acids is 2. The van der Waals surface area contributed by atoms with Crippen molar-refractivity contribution < 1.29 is 14.0 Å². The fourth-order valence-corrected chi connectivity index (χ4v) is 4.04. The summed E-state index contributed by atoms with van der Waals surface area (Å²) in [4.78, 5) is 31.5. The zero-order valence-corrected chi connectivity index (χ0v) is 16.3. The molecule has 2 aromatic rings. The van der Waals surface area contributed by atoms with Crippen molar-refractivity contribution in [3.8, 4) is 0 Å². The molecule has 0 radical (unpaired) electrons. The predicted molar refractivity (Wildman–Crippen MR) is 110 cm³/mol. The van der Waals surface area contributed by atoms with Crippen molar-refractivity contribution in [3.05, 3.63) is 66.0 Å². The molecule has 7 nitrogen and oxygen atoms in total. The number of hydrogen-bond donors (Lipinski definition) is 3. The molecule has 2 amide bonds. The van der Waals surface area contributed by atoms with Crippen molar-refractivity contribution in [3.63, 3.8) is 0 Å². The fourth-order valence-electron chi connectivity index (χ4n) is 3.17. The highest BCUT2D eigenvalue weighted by Gasteiger charge is 2.42. The Bertz CT molecular complexity index is 922. The highest BCUT2D eigenvalue weighted by atomic mass is 32.2. The first-order valence-corrected chi connectivity index (χ1v) is 10.2. The number of halogens is 1. The molecule has 9 heteroatoms. The van der Waals surface area contributed by atoms with Crippen molar-refractivity contribution in [2.24, 2.45) is 10.9 Å². The average Bonchev–Trinajstić information content (AvgIpc) is 3.21. The number of hydrogen-bond acceptors (Lipinski definition) is 6. The van der Waals surface area contributed by atoms with Crippen molar-refractivity contribution in [1.82, 2.24) is 16.2 Å². The summed E-state index contributed by atoms with van der Waals surface area (Å²) >= 11 is 1.21. The molecule has 4 rings (SSSR count). The summed E-state index contributed by atoms with van der Waals surface area (Å²) in [6.07, 6.45) is -0.341. The van der Waals surface area contributed by atoms with Crippen molar-refractivity contribution in [2.75, 3.05) is 17.2 Å². The van der Waals surface area contributed by atoms with Gasteiger partial charge in [-0.15, -0.1) is 0 Å². The van der Waals surface area contributed by atoms with E-state index in [-0.39, 0.29) is 35.5 Å². The molecule has 29 heavy (non-hydrogen) atoms. The number of anilines is 1. The van der Waals surface area contributed by atoms with Crippen LogP contribution in [0.2, 0.25) is 0 Å². The lowest BCUT2D eigenvalue weighted by atomic mass is 10.1. The Morgan fingerprint density at radius 3 is 2.72 bits per heavy atom. The number of fused-ring (bicyclic) bond motifs is 1. The second-order valence-corrected chi connectivity index (χ2v) is 7.63. The van der Waals surface area contributed by atoms with Crippen LogP contribution in [-0.4, -0.2) is 35.4 Å². The van der Waals surface area contributed by atoms with E-state index in [4.69, 9.17) is 0 Å². The van der Waals surface area contributed by atoms with Crippen LogP contribution >= 0.6 is 11.8 Å². The van der Waals surface area contributed by atoms with Gasteiger partial charge in [0.2, 0.25) is 11.8 Å². The molecule has 2 heterocycles. The third kappa shape index (κ3) is 4.47. The normalized spacial score (nSPS) is 20.9. The third-order valence-corrected chi connectivity index (χ3v) is 5.63. The number of rotatable bonds is 5. The Labute approximate surface area is 171 Å². The van der Waals surface area contributed by atoms with Crippen molar-refractivity contribution >= 4 is 34.4 Å². The molecule has 0 spiro atoms. The Kier molecular flexibility index (Phi) is 5.89. The highest BCUT2D eigenvalue weighted by molar-refractivity contribution is 8.14. The van der Waals surface area contributed by atoms with E-state index in [0.29, 0.717) is 18.3 Å². The summed E-state index contributed by atoms with van der Waals surface area (Å²) < 4.78 is 13.0. The first-order chi connectivity index (χ1) is 14.1. The van der Waals surface area contributed by atoms with E-state index in [1.165, 1.54) is 23.9 Å². The van der Waals surface area contributed by atoms with Gasteiger partial charge in [-0.25, -0.2) is 14.8 Å². The first-order valence-electron chi connectivity index (χ1n) is 9.21. The molecule has 3 N–H and O–H groups in total. The van der Waals surface area contributed by atoms with Gasteiger partial charge in [-0.3, -0.25) is 19.9 Å². The molecule has 2 aromatic carbocycles. The Morgan fingerprint density at radius 1 is 1.21 bits per heavy atom. The maximum atomic E-state index is 13.0. The van der Waals surface area contributed by atoms with Gasteiger partial charge in [-0.2, -0.15) is 0 Å². The lowest BCUT2D eigenvalue weighted by Gasteiger charge is -2.32. The maximum Gasteiger partial charge on any atom is 0.241 e. The molecule has 1 saturated heterocycles. The molecule has 2 unspecified atom stereocenters. The molecular formula is C20H20FN5O2S. The van der Waals surface area contributed by atoms with E-state index in [1.807, 2.05) is 30.3 Å². The number of carbonyl (C=O) groups is 2. The largest absolute Gasteiger partial charge is 0.351 e. The Hall–Kier alpha value is -2.75. The molecule has 0 saturated carbocycles. The second kappa shape index (κ2) is 8.73. The van der Waals surface area contributed by atoms with Gasteiger partial charge < -0.3 is 5.32 Å². The van der Waals surface area contributed by atoms with E-state index in [1.54, 1.807) is 17.0 Å². The minimum absolute atomic E-state index is 0.0529. The number of nitrogens with zero attached hydrogens (tertiary/aromatic N) is 2. The molecule has 1 fully saturated rings. The van der Waals surface area contributed by atoms with Gasteiger partial charge in [0.1, 0.15) is 12.0 Å². The van der Waals surface area contributed by atoms with Crippen LogP contribution in [0.5, 0.6) is 0 Å². The summed E-state index contributed by atoms with van der Waals surface area (Å²) in [6.45, 7) is 0.816. The predicted octanol–water partition coefficient (Wildman–Crippen LogP) is 1.63. The van der Waals surface area contributed by atoms with E-state index in [0.717, 1.165) is 11.3 Å². The van der Waals surface area contributed by atoms with Crippen LogP contribution in [0, 0.1) is 11.7 Å². The van der Waals surface area contributed by atoms with Crippen molar-refractivity contribution in [2.45, 2.75) is 12.7 Å². The standard InChI is InChI=1S/C20H20FN5O2S/c21-14-8-6-13(7-9-14)10-22-17(27)12-29-20-24-18-16(11-23-25-18)19(28)26(20)15-4-2-1-3-5-15/h1-9,16,18,23,25H,10-12H2,(H,22,27). The van der Waals surface area contributed by atoms with Gasteiger partial charge in [0.15, 0.2) is 5.17 Å². The Balaban J connectivity index is 1.43. The topological polar surface area (TPSA) is 85.8 Å². The quantitative estimate of drug-likeness (QED) is 0.694. The maximum absolute atomic E-state index is 13.0. The number of amides is 2. The van der Waals surface area contributed by atoms with Gasteiger partial charge >= 0.3 is 0 Å². The number of benzene rings is 2. The molecular weight excluding hydrogens is 393 g/mol.